The van der Waals surface area contributed by atoms with Crippen molar-refractivity contribution in [3.63, 3.8) is 0 Å². The van der Waals surface area contributed by atoms with Gasteiger partial charge < -0.3 is 10.7 Å². The third kappa shape index (κ3) is 1.69. The van der Waals surface area contributed by atoms with Crippen LogP contribution < -0.4 is 5.73 Å². The number of nitrogen functional groups attached to an aromatic ring is 1. The summed E-state index contributed by atoms with van der Waals surface area (Å²) in [6.07, 6.45) is 1.39. The number of hydrogen-bond acceptors (Lipinski definition) is 4. The maximum atomic E-state index is 6.10. The Morgan fingerprint density at radius 3 is 2.83 bits per heavy atom. The molecule has 0 aliphatic carbocycles. The first-order valence-corrected chi connectivity index (χ1v) is 5.75. The first-order valence-electron chi connectivity index (χ1n) is 5.38. The minimum absolute atomic E-state index is 0.386. The van der Waals surface area contributed by atoms with E-state index in [1.807, 2.05) is 25.1 Å². The Hall–Kier alpha value is -2.14. The molecule has 0 aliphatic heterocycles. The highest BCUT2D eigenvalue weighted by atomic mass is 35.5. The maximum Gasteiger partial charge on any atom is 0.183 e. The quantitative estimate of drug-likeness (QED) is 0.704. The molecule has 18 heavy (non-hydrogen) atoms. The lowest BCUT2D eigenvalue weighted by atomic mass is 10.1. The summed E-state index contributed by atoms with van der Waals surface area (Å²) in [4.78, 5) is 15.5. The van der Waals surface area contributed by atoms with E-state index >= 15 is 0 Å². The van der Waals surface area contributed by atoms with Crippen LogP contribution in [0.4, 0.5) is 5.82 Å². The summed E-state index contributed by atoms with van der Waals surface area (Å²) in [5.74, 6) is 1.07. The van der Waals surface area contributed by atoms with Crippen LogP contribution in [0.25, 0.3) is 22.6 Å². The molecule has 3 rings (SSSR count). The Labute approximate surface area is 108 Å². The molecule has 5 nitrogen and oxygen atoms in total. The average Bonchev–Trinajstić information content (AvgIpc) is 2.78. The van der Waals surface area contributed by atoms with E-state index in [-0.39, 0.29) is 0 Å². The van der Waals surface area contributed by atoms with Gasteiger partial charge in [-0.3, -0.25) is 0 Å². The molecule has 3 aromatic rings. The van der Waals surface area contributed by atoms with E-state index < -0.39 is 0 Å². The van der Waals surface area contributed by atoms with E-state index in [9.17, 15) is 0 Å². The summed E-state index contributed by atoms with van der Waals surface area (Å²) < 4.78 is 0. The molecule has 0 saturated heterocycles. The summed E-state index contributed by atoms with van der Waals surface area (Å²) >= 11 is 6.10. The third-order valence-corrected chi connectivity index (χ3v) is 3.17. The van der Waals surface area contributed by atoms with Gasteiger partial charge in [0.1, 0.15) is 17.7 Å². The Morgan fingerprint density at radius 2 is 2.11 bits per heavy atom. The second-order valence-corrected chi connectivity index (χ2v) is 4.41. The number of imidazole rings is 1. The number of nitrogens with zero attached hydrogens (tertiary/aromatic N) is 3. The molecule has 0 saturated carbocycles. The van der Waals surface area contributed by atoms with Gasteiger partial charge in [0.15, 0.2) is 11.5 Å². The Balaban J connectivity index is 2.19. The lowest BCUT2D eigenvalue weighted by Crippen LogP contribution is -1.91. The molecule has 0 bridgehead atoms. The lowest BCUT2D eigenvalue weighted by molar-refractivity contribution is 1.21. The van der Waals surface area contributed by atoms with Gasteiger partial charge in [0.2, 0.25) is 0 Å². The van der Waals surface area contributed by atoms with Crippen molar-refractivity contribution in [2.75, 3.05) is 5.73 Å². The largest absolute Gasteiger partial charge is 0.382 e. The second kappa shape index (κ2) is 3.96. The molecule has 6 heteroatoms. The third-order valence-electron chi connectivity index (χ3n) is 2.76. The number of rotatable bonds is 1. The van der Waals surface area contributed by atoms with Crippen molar-refractivity contribution in [3.05, 3.63) is 35.1 Å². The number of aromatic amines is 1. The summed E-state index contributed by atoms with van der Waals surface area (Å²) in [5, 5.41) is 0.701. The summed E-state index contributed by atoms with van der Waals surface area (Å²) in [7, 11) is 0. The van der Waals surface area contributed by atoms with Gasteiger partial charge in [-0.1, -0.05) is 23.7 Å². The Morgan fingerprint density at radius 1 is 1.28 bits per heavy atom. The second-order valence-electron chi connectivity index (χ2n) is 4.01. The van der Waals surface area contributed by atoms with Gasteiger partial charge in [-0.2, -0.15) is 0 Å². The number of benzene rings is 1. The number of fused-ring (bicyclic) bond motifs is 1. The van der Waals surface area contributed by atoms with E-state index in [0.29, 0.717) is 27.8 Å². The number of aryl methyl sites for hydroxylation is 1. The smallest absolute Gasteiger partial charge is 0.183 e. The molecule has 90 valence electrons. The molecular weight excluding hydrogens is 250 g/mol. The Bertz CT molecular complexity index is 734. The molecule has 0 atom stereocenters. The highest BCUT2D eigenvalue weighted by Gasteiger charge is 2.09. The molecule has 0 fully saturated rings. The predicted molar refractivity (Wildman–Crippen MR) is 71.3 cm³/mol. The molecule has 0 spiro atoms. The first-order chi connectivity index (χ1) is 8.65. The van der Waals surface area contributed by atoms with Crippen molar-refractivity contribution in [1.29, 1.82) is 0 Å². The SMILES string of the molecule is Cc1ccc(-c2nc3ncnc(N)c3[nH]2)cc1Cl. The van der Waals surface area contributed by atoms with Gasteiger partial charge in [0, 0.05) is 10.6 Å². The van der Waals surface area contributed by atoms with Crippen LogP contribution in [0.15, 0.2) is 24.5 Å². The molecule has 2 heterocycles. The van der Waals surface area contributed by atoms with Gasteiger partial charge in [0.05, 0.1) is 0 Å². The summed E-state index contributed by atoms with van der Waals surface area (Å²) in [6.45, 7) is 1.95. The van der Waals surface area contributed by atoms with Crippen molar-refractivity contribution >= 4 is 28.6 Å². The van der Waals surface area contributed by atoms with Gasteiger partial charge in [-0.15, -0.1) is 0 Å². The van der Waals surface area contributed by atoms with Crippen LogP contribution in [0.2, 0.25) is 5.02 Å². The average molecular weight is 260 g/mol. The number of hydrogen-bond donors (Lipinski definition) is 2. The van der Waals surface area contributed by atoms with Crippen LogP contribution in [0.1, 0.15) is 5.56 Å². The van der Waals surface area contributed by atoms with Crippen molar-refractivity contribution in [2.24, 2.45) is 0 Å². The highest BCUT2D eigenvalue weighted by Crippen LogP contribution is 2.25. The standard InChI is InChI=1S/C12H10ClN5/c1-6-2-3-7(4-8(6)13)11-17-9-10(14)15-5-16-12(9)18-11/h2-5H,1H3,(H3,14,15,16,17,18). The van der Waals surface area contributed by atoms with Gasteiger partial charge in [-0.05, 0) is 18.6 Å². The molecule has 0 aliphatic rings. The molecule has 0 radical (unpaired) electrons. The maximum absolute atomic E-state index is 6.10. The summed E-state index contributed by atoms with van der Waals surface area (Å²) in [5.41, 5.74) is 8.86. The Kier molecular flexibility index (Phi) is 2.41. The number of nitrogens with one attached hydrogen (secondary N) is 1. The monoisotopic (exact) mass is 259 g/mol. The van der Waals surface area contributed by atoms with Crippen LogP contribution in [0.5, 0.6) is 0 Å². The number of H-pyrrole nitrogens is 1. The number of aromatic nitrogens is 4. The van der Waals surface area contributed by atoms with Crippen LogP contribution in [-0.4, -0.2) is 19.9 Å². The van der Waals surface area contributed by atoms with E-state index in [2.05, 4.69) is 19.9 Å². The van der Waals surface area contributed by atoms with Crippen LogP contribution in [-0.2, 0) is 0 Å². The molecule has 0 amide bonds. The number of anilines is 1. The highest BCUT2D eigenvalue weighted by molar-refractivity contribution is 6.31. The van der Waals surface area contributed by atoms with E-state index in [1.165, 1.54) is 6.33 Å². The van der Waals surface area contributed by atoms with Crippen LogP contribution in [0, 0.1) is 6.92 Å². The molecular formula is C12H10ClN5. The predicted octanol–water partition coefficient (Wildman–Crippen LogP) is 2.56. The number of nitrogens with two attached hydrogens (primary N) is 1. The van der Waals surface area contributed by atoms with E-state index in [4.69, 9.17) is 17.3 Å². The van der Waals surface area contributed by atoms with Gasteiger partial charge in [0.25, 0.3) is 0 Å². The zero-order chi connectivity index (χ0) is 12.7. The van der Waals surface area contributed by atoms with Crippen LogP contribution in [0.3, 0.4) is 0 Å². The zero-order valence-corrected chi connectivity index (χ0v) is 10.4. The fourth-order valence-electron chi connectivity index (χ4n) is 1.72. The van der Waals surface area contributed by atoms with Gasteiger partial charge >= 0.3 is 0 Å². The van der Waals surface area contributed by atoms with Crippen LogP contribution >= 0.6 is 11.6 Å². The van der Waals surface area contributed by atoms with Crippen molar-refractivity contribution in [2.45, 2.75) is 6.92 Å². The normalized spacial score (nSPS) is 11.0. The minimum atomic E-state index is 0.386. The van der Waals surface area contributed by atoms with Crippen molar-refractivity contribution < 1.29 is 0 Å². The molecule has 2 aromatic heterocycles. The lowest BCUT2D eigenvalue weighted by Gasteiger charge is -2.00. The van der Waals surface area contributed by atoms with Crippen molar-refractivity contribution in [3.8, 4) is 11.4 Å². The van der Waals surface area contributed by atoms with Crippen molar-refractivity contribution in [1.82, 2.24) is 19.9 Å². The minimum Gasteiger partial charge on any atom is -0.382 e. The first kappa shape index (κ1) is 11.0. The van der Waals surface area contributed by atoms with Gasteiger partial charge in [-0.25, -0.2) is 15.0 Å². The topological polar surface area (TPSA) is 80.5 Å². The molecule has 3 N–H and O–H groups in total. The summed E-state index contributed by atoms with van der Waals surface area (Å²) in [6, 6.07) is 5.75. The number of halogens is 1. The van der Waals surface area contributed by atoms with E-state index in [1.54, 1.807) is 0 Å². The van der Waals surface area contributed by atoms with E-state index in [0.717, 1.165) is 11.1 Å². The molecule has 1 aromatic carbocycles. The fourth-order valence-corrected chi connectivity index (χ4v) is 1.90. The fraction of sp³-hybridized carbons (Fsp3) is 0.0833. The zero-order valence-electron chi connectivity index (χ0n) is 9.61. The molecule has 0 unspecified atom stereocenters.